The number of para-hydroxylation sites is 1. The van der Waals surface area contributed by atoms with Crippen LogP contribution in [0.25, 0.3) is 105 Å². The minimum Gasteiger partial charge on any atom is -0.277 e. The first-order chi connectivity index (χ1) is 29.5. The molecule has 0 N–H and O–H groups in total. The van der Waals surface area contributed by atoms with Crippen LogP contribution in [-0.2, 0) is 5.41 Å². The van der Waals surface area contributed by atoms with Gasteiger partial charge in [-0.2, -0.15) is 9.97 Å². The van der Waals surface area contributed by atoms with E-state index < -0.39 is 0 Å². The molecule has 0 fully saturated rings. The lowest BCUT2D eigenvalue weighted by Gasteiger charge is -2.25. The van der Waals surface area contributed by atoms with Crippen molar-refractivity contribution < 1.29 is 0 Å². The van der Waals surface area contributed by atoms with E-state index in [0.717, 1.165) is 54.7 Å². The number of hydrogen-bond acceptors (Lipinski definition) is 3. The maximum Gasteiger partial charge on any atom is 0.238 e. The van der Waals surface area contributed by atoms with Crippen LogP contribution in [0.15, 0.2) is 182 Å². The molecule has 0 amide bonds. The van der Waals surface area contributed by atoms with Crippen molar-refractivity contribution in [3.05, 3.63) is 193 Å². The summed E-state index contributed by atoms with van der Waals surface area (Å²) in [4.78, 5) is 16.1. The fourth-order valence-electron chi connectivity index (χ4n) is 9.63. The second-order valence-corrected chi connectivity index (χ2v) is 16.1. The fourth-order valence-corrected chi connectivity index (χ4v) is 9.63. The summed E-state index contributed by atoms with van der Waals surface area (Å²) >= 11 is 0. The van der Waals surface area contributed by atoms with E-state index in [-0.39, 0.29) is 5.41 Å². The van der Waals surface area contributed by atoms with Gasteiger partial charge in [0.15, 0.2) is 11.6 Å². The molecule has 4 nitrogen and oxygen atoms in total. The van der Waals surface area contributed by atoms with Gasteiger partial charge in [0.2, 0.25) is 5.95 Å². The Morgan fingerprint density at radius 2 is 0.883 bits per heavy atom. The normalized spacial score (nSPS) is 12.8. The van der Waals surface area contributed by atoms with Crippen molar-refractivity contribution in [2.75, 3.05) is 0 Å². The average Bonchev–Trinajstić information content (AvgIpc) is 3.76. The van der Waals surface area contributed by atoms with Gasteiger partial charge in [0, 0.05) is 32.9 Å². The molecule has 0 aliphatic heterocycles. The molecule has 1 aliphatic rings. The zero-order valence-electron chi connectivity index (χ0n) is 34.1. The predicted octanol–water partition coefficient (Wildman–Crippen LogP) is 14.8. The number of rotatable bonds is 4. The Labute approximate surface area is 349 Å². The molecule has 0 unspecified atom stereocenters. The SMILES string of the molecule is CC.CC1(C)c2ccccc2-c2cccc(-c3cccc4c5cc6ccccc6cc5n(-c5nc(-c6ccc7ccccc7c6)nc(-c6ccc7ccccc7c6)n5)c34)c21. The van der Waals surface area contributed by atoms with Gasteiger partial charge in [0.25, 0.3) is 0 Å². The van der Waals surface area contributed by atoms with Crippen LogP contribution < -0.4 is 0 Å². The van der Waals surface area contributed by atoms with Gasteiger partial charge in [-0.05, 0) is 84.4 Å². The highest BCUT2D eigenvalue weighted by atomic mass is 15.2. The monoisotopic (exact) mass is 770 g/mol. The Morgan fingerprint density at radius 3 is 1.52 bits per heavy atom. The summed E-state index contributed by atoms with van der Waals surface area (Å²) in [5.41, 5.74) is 11.5. The largest absolute Gasteiger partial charge is 0.277 e. The molecule has 286 valence electrons. The van der Waals surface area contributed by atoms with Crippen LogP contribution in [0.4, 0.5) is 0 Å². The maximum atomic E-state index is 5.43. The molecule has 2 aromatic heterocycles. The third kappa shape index (κ3) is 5.48. The van der Waals surface area contributed by atoms with Crippen molar-refractivity contribution in [2.24, 2.45) is 0 Å². The van der Waals surface area contributed by atoms with E-state index in [1.165, 1.54) is 44.0 Å². The molecule has 0 saturated carbocycles. The van der Waals surface area contributed by atoms with Crippen molar-refractivity contribution in [2.45, 2.75) is 33.1 Å². The molecule has 1 aliphatic carbocycles. The molecule has 0 spiro atoms. The molecule has 11 aromatic rings. The summed E-state index contributed by atoms with van der Waals surface area (Å²) in [7, 11) is 0. The highest BCUT2D eigenvalue weighted by Crippen LogP contribution is 2.53. The Bertz CT molecular complexity index is 3400. The van der Waals surface area contributed by atoms with Crippen LogP contribution in [0.5, 0.6) is 0 Å². The highest BCUT2D eigenvalue weighted by Gasteiger charge is 2.38. The van der Waals surface area contributed by atoms with Crippen molar-refractivity contribution in [3.8, 4) is 51.0 Å². The van der Waals surface area contributed by atoms with Gasteiger partial charge in [-0.25, -0.2) is 4.98 Å². The minimum atomic E-state index is -0.199. The smallest absolute Gasteiger partial charge is 0.238 e. The molecule has 4 heteroatoms. The quantitative estimate of drug-likeness (QED) is 0.179. The van der Waals surface area contributed by atoms with Crippen LogP contribution in [0.2, 0.25) is 0 Å². The maximum absolute atomic E-state index is 5.43. The van der Waals surface area contributed by atoms with Crippen LogP contribution in [0.1, 0.15) is 38.8 Å². The van der Waals surface area contributed by atoms with Crippen LogP contribution in [0, 0.1) is 0 Å². The number of hydrogen-bond donors (Lipinski definition) is 0. The number of aromatic nitrogens is 4. The van der Waals surface area contributed by atoms with Gasteiger partial charge >= 0.3 is 0 Å². The Balaban J connectivity index is 0.00000201. The summed E-state index contributed by atoms with van der Waals surface area (Å²) < 4.78 is 2.30. The second kappa shape index (κ2) is 13.9. The molecule has 2 heterocycles. The topological polar surface area (TPSA) is 43.6 Å². The van der Waals surface area contributed by atoms with E-state index >= 15 is 0 Å². The molecule has 0 atom stereocenters. The summed E-state index contributed by atoms with van der Waals surface area (Å²) in [5, 5.41) is 9.30. The summed E-state index contributed by atoms with van der Waals surface area (Å²) in [6, 6.07) is 65.5. The molecule has 0 saturated heterocycles. The Kier molecular flexibility index (Phi) is 8.25. The Hall–Kier alpha value is -7.43. The zero-order valence-corrected chi connectivity index (χ0v) is 34.1. The summed E-state index contributed by atoms with van der Waals surface area (Å²) in [5.74, 6) is 1.84. The second-order valence-electron chi connectivity index (χ2n) is 16.1. The van der Waals surface area contributed by atoms with E-state index in [1.54, 1.807) is 0 Å². The van der Waals surface area contributed by atoms with Crippen molar-refractivity contribution >= 4 is 54.1 Å². The van der Waals surface area contributed by atoms with Crippen molar-refractivity contribution in [1.82, 2.24) is 19.5 Å². The third-order valence-corrected chi connectivity index (χ3v) is 12.4. The van der Waals surface area contributed by atoms with E-state index in [0.29, 0.717) is 17.6 Å². The third-order valence-electron chi connectivity index (χ3n) is 12.4. The summed E-state index contributed by atoms with van der Waals surface area (Å²) in [6.45, 7) is 8.72. The fraction of sp³-hybridized carbons (Fsp3) is 0.0893. The molecule has 9 aromatic carbocycles. The minimum absolute atomic E-state index is 0.199. The number of fused-ring (bicyclic) bond motifs is 9. The van der Waals surface area contributed by atoms with Gasteiger partial charge in [0.1, 0.15) is 0 Å². The standard InChI is InChI=1S/C54H36N4.C2H6/c1-54(2)47-24-10-9-19-41(47)42-20-11-21-43(49(42)54)44-22-12-23-45-46-31-37-17-7-8-18-38(37)32-48(46)58(50(44)45)53-56-51(39-27-25-33-13-3-5-15-35(33)29-39)55-52(57-53)40-28-26-34-14-4-6-16-36(34)30-40;1-2/h3-32H,1-2H3;1-2H3. The van der Waals surface area contributed by atoms with Gasteiger partial charge < -0.3 is 0 Å². The number of benzene rings is 9. The first kappa shape index (κ1) is 35.7. The van der Waals surface area contributed by atoms with Crippen molar-refractivity contribution in [1.29, 1.82) is 0 Å². The van der Waals surface area contributed by atoms with Gasteiger partial charge in [0.05, 0.1) is 11.0 Å². The lowest BCUT2D eigenvalue weighted by atomic mass is 9.78. The van der Waals surface area contributed by atoms with E-state index in [2.05, 4.69) is 200 Å². The molecule has 60 heavy (non-hydrogen) atoms. The highest BCUT2D eigenvalue weighted by molar-refractivity contribution is 6.17. The lowest BCUT2D eigenvalue weighted by Crippen LogP contribution is -2.16. The van der Waals surface area contributed by atoms with E-state index in [9.17, 15) is 0 Å². The van der Waals surface area contributed by atoms with Gasteiger partial charge in [-0.1, -0.05) is 185 Å². The molecule has 0 radical (unpaired) electrons. The molecular weight excluding hydrogens is 729 g/mol. The summed E-state index contributed by atoms with van der Waals surface area (Å²) in [6.07, 6.45) is 0. The predicted molar refractivity (Wildman–Crippen MR) is 252 cm³/mol. The van der Waals surface area contributed by atoms with E-state index in [4.69, 9.17) is 15.0 Å². The van der Waals surface area contributed by atoms with Crippen LogP contribution >= 0.6 is 0 Å². The molecule has 12 rings (SSSR count). The first-order valence-electron chi connectivity index (χ1n) is 20.9. The average molecular weight is 771 g/mol. The molecule has 0 bridgehead atoms. The van der Waals surface area contributed by atoms with Gasteiger partial charge in [-0.15, -0.1) is 0 Å². The first-order valence-corrected chi connectivity index (χ1v) is 20.9. The van der Waals surface area contributed by atoms with Crippen molar-refractivity contribution in [3.63, 3.8) is 0 Å². The van der Waals surface area contributed by atoms with E-state index in [1.807, 2.05) is 13.8 Å². The van der Waals surface area contributed by atoms with Crippen LogP contribution in [-0.4, -0.2) is 19.5 Å². The van der Waals surface area contributed by atoms with Gasteiger partial charge in [-0.3, -0.25) is 4.57 Å². The van der Waals surface area contributed by atoms with Crippen LogP contribution in [0.3, 0.4) is 0 Å². The zero-order chi connectivity index (χ0) is 40.5. The Morgan fingerprint density at radius 1 is 0.400 bits per heavy atom. The lowest BCUT2D eigenvalue weighted by molar-refractivity contribution is 0.662. The molecular formula is C56H42N4. The number of nitrogens with zero attached hydrogens (tertiary/aromatic N) is 4.